The normalized spacial score (nSPS) is 10.9. The second-order valence-electron chi connectivity index (χ2n) is 2.11. The van der Waals surface area contributed by atoms with Gasteiger partial charge in [0.15, 0.2) is 5.78 Å². The van der Waals surface area contributed by atoms with E-state index in [2.05, 4.69) is 4.74 Å². The largest absolute Gasteiger partial charge is 0.469 e. The average Bonchev–Trinajstić information content (AvgIpc) is 1.85. The van der Waals surface area contributed by atoms with Gasteiger partial charge in [-0.05, 0) is 6.92 Å². The Bertz CT molecular complexity index is 192. The van der Waals surface area contributed by atoms with E-state index in [1.165, 1.54) is 13.2 Å². The first-order valence-electron chi connectivity index (χ1n) is 3.09. The van der Waals surface area contributed by atoms with E-state index in [9.17, 15) is 9.59 Å². The molecule has 0 aromatic carbocycles. The molecule has 0 saturated heterocycles. The molecule has 0 spiro atoms. The molecule has 0 bridgehead atoms. The third-order valence-corrected chi connectivity index (χ3v) is 0.935. The van der Waals surface area contributed by atoms with Gasteiger partial charge in [0.1, 0.15) is 6.42 Å². The number of carbonyl (C=O) groups is 2. The fourth-order valence-corrected chi connectivity index (χ4v) is 0.519. The molecule has 62 valence electrons. The van der Waals surface area contributed by atoms with Gasteiger partial charge in [0, 0.05) is 11.8 Å². The average molecular weight is 157 g/mol. The van der Waals surface area contributed by atoms with E-state index < -0.39 is 5.97 Å². The SMILES string of the molecule is COC(=O)CC(=O)/C=C(\C)N. The van der Waals surface area contributed by atoms with Crippen molar-refractivity contribution in [3.8, 4) is 0 Å². The van der Waals surface area contributed by atoms with E-state index in [1.54, 1.807) is 6.92 Å². The molecule has 2 N–H and O–H groups in total. The number of allylic oxidation sites excluding steroid dienone is 2. The first-order valence-corrected chi connectivity index (χ1v) is 3.09. The minimum Gasteiger partial charge on any atom is -0.469 e. The summed E-state index contributed by atoms with van der Waals surface area (Å²) in [4.78, 5) is 21.3. The minimum absolute atomic E-state index is 0.245. The summed E-state index contributed by atoms with van der Waals surface area (Å²) in [5, 5.41) is 0. The fraction of sp³-hybridized carbons (Fsp3) is 0.429. The molecule has 0 radical (unpaired) electrons. The lowest BCUT2D eigenvalue weighted by Crippen LogP contribution is -2.08. The zero-order valence-corrected chi connectivity index (χ0v) is 6.59. The van der Waals surface area contributed by atoms with Crippen molar-refractivity contribution in [3.63, 3.8) is 0 Å². The predicted molar refractivity (Wildman–Crippen MR) is 39.6 cm³/mol. The number of hydrogen-bond acceptors (Lipinski definition) is 4. The van der Waals surface area contributed by atoms with Crippen molar-refractivity contribution in [2.75, 3.05) is 7.11 Å². The van der Waals surface area contributed by atoms with Gasteiger partial charge in [-0.15, -0.1) is 0 Å². The third-order valence-electron chi connectivity index (χ3n) is 0.935. The standard InChI is InChI=1S/C7H11NO3/c1-5(8)3-6(9)4-7(10)11-2/h3H,4,8H2,1-2H3/b5-3+. The van der Waals surface area contributed by atoms with Crippen LogP contribution in [-0.4, -0.2) is 18.9 Å². The van der Waals surface area contributed by atoms with Gasteiger partial charge < -0.3 is 10.5 Å². The van der Waals surface area contributed by atoms with Crippen LogP contribution in [0.5, 0.6) is 0 Å². The van der Waals surface area contributed by atoms with Crippen LogP contribution in [0.4, 0.5) is 0 Å². The Morgan fingerprint density at radius 1 is 1.55 bits per heavy atom. The molecule has 0 atom stereocenters. The molecule has 0 rings (SSSR count). The van der Waals surface area contributed by atoms with Crippen LogP contribution in [0.1, 0.15) is 13.3 Å². The number of methoxy groups -OCH3 is 1. The number of rotatable bonds is 3. The summed E-state index contributed by atoms with van der Waals surface area (Å²) < 4.78 is 4.27. The number of hydrogen-bond donors (Lipinski definition) is 1. The van der Waals surface area contributed by atoms with E-state index in [4.69, 9.17) is 5.73 Å². The van der Waals surface area contributed by atoms with Crippen molar-refractivity contribution in [1.29, 1.82) is 0 Å². The highest BCUT2D eigenvalue weighted by Gasteiger charge is 2.05. The molecule has 0 heterocycles. The topological polar surface area (TPSA) is 69.4 Å². The number of ether oxygens (including phenoxy) is 1. The lowest BCUT2D eigenvalue weighted by atomic mass is 10.2. The molecular formula is C7H11NO3. The maximum absolute atomic E-state index is 10.8. The summed E-state index contributed by atoms with van der Waals surface area (Å²) in [5.74, 6) is -0.885. The summed E-state index contributed by atoms with van der Waals surface area (Å²) in [6, 6.07) is 0. The van der Waals surface area contributed by atoms with Crippen LogP contribution in [0, 0.1) is 0 Å². The first-order chi connectivity index (χ1) is 5.06. The number of ketones is 1. The van der Waals surface area contributed by atoms with Gasteiger partial charge in [-0.25, -0.2) is 0 Å². The van der Waals surface area contributed by atoms with Gasteiger partial charge in [0.05, 0.1) is 7.11 Å². The van der Waals surface area contributed by atoms with E-state index in [-0.39, 0.29) is 12.2 Å². The summed E-state index contributed by atoms with van der Waals surface area (Å²) in [5.41, 5.74) is 5.59. The molecule has 4 nitrogen and oxygen atoms in total. The van der Waals surface area contributed by atoms with Crippen molar-refractivity contribution in [2.45, 2.75) is 13.3 Å². The Morgan fingerprint density at radius 2 is 2.09 bits per heavy atom. The van der Waals surface area contributed by atoms with Crippen molar-refractivity contribution >= 4 is 11.8 Å². The van der Waals surface area contributed by atoms with E-state index in [0.717, 1.165) is 0 Å². The van der Waals surface area contributed by atoms with Gasteiger partial charge in [0.2, 0.25) is 0 Å². The smallest absolute Gasteiger partial charge is 0.313 e. The van der Waals surface area contributed by atoms with Gasteiger partial charge in [-0.1, -0.05) is 0 Å². The van der Waals surface area contributed by atoms with Gasteiger partial charge >= 0.3 is 5.97 Å². The molecule has 11 heavy (non-hydrogen) atoms. The van der Waals surface area contributed by atoms with Gasteiger partial charge in [-0.3, -0.25) is 9.59 Å². The van der Waals surface area contributed by atoms with Crippen molar-refractivity contribution in [3.05, 3.63) is 11.8 Å². The lowest BCUT2D eigenvalue weighted by Gasteiger charge is -1.94. The Hall–Kier alpha value is -1.32. The summed E-state index contributed by atoms with van der Waals surface area (Å²) >= 11 is 0. The quantitative estimate of drug-likeness (QED) is 0.355. The Balaban J connectivity index is 3.89. The van der Waals surface area contributed by atoms with Gasteiger partial charge in [0.25, 0.3) is 0 Å². The zero-order chi connectivity index (χ0) is 8.85. The number of esters is 1. The van der Waals surface area contributed by atoms with Crippen LogP contribution in [0.3, 0.4) is 0 Å². The van der Waals surface area contributed by atoms with Crippen LogP contribution in [0.2, 0.25) is 0 Å². The number of carbonyl (C=O) groups excluding carboxylic acids is 2. The fourth-order valence-electron chi connectivity index (χ4n) is 0.519. The highest BCUT2D eigenvalue weighted by Crippen LogP contribution is 1.90. The number of nitrogens with two attached hydrogens (primary N) is 1. The van der Waals surface area contributed by atoms with Crippen LogP contribution >= 0.6 is 0 Å². The predicted octanol–water partition coefficient (Wildman–Crippen LogP) is -0.0189. The first kappa shape index (κ1) is 9.68. The van der Waals surface area contributed by atoms with Crippen LogP contribution in [0.25, 0.3) is 0 Å². The lowest BCUT2D eigenvalue weighted by molar-refractivity contribution is -0.142. The van der Waals surface area contributed by atoms with E-state index >= 15 is 0 Å². The second kappa shape index (κ2) is 4.49. The minimum atomic E-state index is -0.549. The molecule has 0 aliphatic carbocycles. The van der Waals surface area contributed by atoms with E-state index in [1.807, 2.05) is 0 Å². The Kier molecular flexibility index (Phi) is 3.95. The van der Waals surface area contributed by atoms with Crippen LogP contribution in [0.15, 0.2) is 11.8 Å². The molecular weight excluding hydrogens is 146 g/mol. The zero-order valence-electron chi connectivity index (χ0n) is 6.59. The second-order valence-corrected chi connectivity index (χ2v) is 2.11. The summed E-state index contributed by atoms with van der Waals surface area (Å²) in [6.45, 7) is 1.58. The highest BCUT2D eigenvalue weighted by atomic mass is 16.5. The Morgan fingerprint density at radius 3 is 2.45 bits per heavy atom. The van der Waals surface area contributed by atoms with Crippen molar-refractivity contribution in [2.24, 2.45) is 5.73 Å². The van der Waals surface area contributed by atoms with Crippen LogP contribution in [-0.2, 0) is 14.3 Å². The molecule has 0 unspecified atom stereocenters. The maximum Gasteiger partial charge on any atom is 0.313 e. The van der Waals surface area contributed by atoms with Crippen LogP contribution < -0.4 is 5.73 Å². The monoisotopic (exact) mass is 157 g/mol. The summed E-state index contributed by atoms with van der Waals surface area (Å²) in [6.07, 6.45) is 0.960. The molecule has 0 fully saturated rings. The molecule has 4 heteroatoms. The third kappa shape index (κ3) is 5.14. The molecule has 0 aliphatic heterocycles. The molecule has 0 aromatic heterocycles. The van der Waals surface area contributed by atoms with E-state index in [0.29, 0.717) is 5.70 Å². The molecule has 0 amide bonds. The summed E-state index contributed by atoms with van der Waals surface area (Å²) in [7, 11) is 1.23. The molecule has 0 saturated carbocycles. The molecule has 0 aliphatic rings. The molecule has 0 aromatic rings. The van der Waals surface area contributed by atoms with Crippen molar-refractivity contribution in [1.82, 2.24) is 0 Å². The van der Waals surface area contributed by atoms with Gasteiger partial charge in [-0.2, -0.15) is 0 Å². The Labute approximate surface area is 65.0 Å². The van der Waals surface area contributed by atoms with Crippen molar-refractivity contribution < 1.29 is 14.3 Å². The maximum atomic E-state index is 10.8. The highest BCUT2D eigenvalue weighted by molar-refractivity contribution is 6.02.